The van der Waals surface area contributed by atoms with Crippen LogP contribution in [0, 0.1) is 0 Å². The number of hydrogen-bond acceptors (Lipinski definition) is 4. The summed E-state index contributed by atoms with van der Waals surface area (Å²) in [5.74, 6) is -0.779. The molecule has 110 valence electrons. The second-order valence-electron chi connectivity index (χ2n) is 5.09. The van der Waals surface area contributed by atoms with Crippen LogP contribution in [0.2, 0.25) is 0 Å². The topological polar surface area (TPSA) is 70.1 Å². The molecule has 6 nitrogen and oxygen atoms in total. The molecule has 1 aliphatic heterocycles. The number of aliphatic carboxylic acids is 1. The summed E-state index contributed by atoms with van der Waals surface area (Å²) < 4.78 is 5.23. The molecule has 1 saturated heterocycles. The molecule has 0 aromatic heterocycles. The number of nitrogens with zero attached hydrogens (tertiary/aromatic N) is 2. The second kappa shape index (κ2) is 7.45. The molecule has 1 amide bonds. The van der Waals surface area contributed by atoms with E-state index in [9.17, 15) is 9.59 Å². The molecule has 0 aromatic carbocycles. The van der Waals surface area contributed by atoms with Crippen molar-refractivity contribution < 1.29 is 19.4 Å². The summed E-state index contributed by atoms with van der Waals surface area (Å²) >= 11 is 0. The Hall–Kier alpha value is -1.14. The monoisotopic (exact) mass is 272 g/mol. The predicted molar refractivity (Wildman–Crippen MR) is 71.0 cm³/mol. The van der Waals surface area contributed by atoms with Crippen molar-refractivity contribution in [1.29, 1.82) is 0 Å². The zero-order valence-corrected chi connectivity index (χ0v) is 12.0. The lowest BCUT2D eigenvalue weighted by Gasteiger charge is -2.36. The summed E-state index contributed by atoms with van der Waals surface area (Å²) in [6.07, 6.45) is 0.0545. The number of carboxylic acids is 1. The number of ether oxygens (including phenoxy) is 1. The van der Waals surface area contributed by atoms with Gasteiger partial charge in [-0.15, -0.1) is 0 Å². The van der Waals surface area contributed by atoms with Crippen LogP contribution in [0.3, 0.4) is 0 Å². The number of morpholine rings is 1. The first-order chi connectivity index (χ1) is 8.93. The molecule has 0 saturated carbocycles. The third-order valence-electron chi connectivity index (χ3n) is 3.42. The lowest BCUT2D eigenvalue weighted by Crippen LogP contribution is -2.52. The number of carbonyl (C=O) groups excluding carboxylic acids is 1. The molecule has 1 N–H and O–H groups in total. The van der Waals surface area contributed by atoms with Gasteiger partial charge in [-0.05, 0) is 20.8 Å². The minimum absolute atomic E-state index is 0.0545. The zero-order chi connectivity index (χ0) is 14.4. The fraction of sp³-hybridized carbons (Fsp3) is 0.846. The first-order valence-corrected chi connectivity index (χ1v) is 6.77. The van der Waals surface area contributed by atoms with Crippen LogP contribution in [-0.4, -0.2) is 71.7 Å². The van der Waals surface area contributed by atoms with Gasteiger partial charge in [0.05, 0.1) is 25.7 Å². The summed E-state index contributed by atoms with van der Waals surface area (Å²) in [5, 5.41) is 8.77. The standard InChI is InChI=1S/C13H24N2O4/c1-10(2)15(5-4-12(16)17)11(3)13(18)14-6-8-19-9-7-14/h10-11H,4-9H2,1-3H3,(H,16,17). The number of carboxylic acid groups (broad SMARTS) is 1. The Morgan fingerprint density at radius 2 is 1.84 bits per heavy atom. The third-order valence-corrected chi connectivity index (χ3v) is 3.42. The van der Waals surface area contributed by atoms with Crippen LogP contribution in [0.15, 0.2) is 0 Å². The third kappa shape index (κ3) is 4.80. The van der Waals surface area contributed by atoms with Crippen molar-refractivity contribution in [2.75, 3.05) is 32.8 Å². The Labute approximate surface area is 114 Å². The first kappa shape index (κ1) is 15.9. The van der Waals surface area contributed by atoms with Gasteiger partial charge in [-0.1, -0.05) is 0 Å². The van der Waals surface area contributed by atoms with Gasteiger partial charge in [0.2, 0.25) is 5.91 Å². The molecule has 1 unspecified atom stereocenters. The quantitative estimate of drug-likeness (QED) is 0.759. The fourth-order valence-electron chi connectivity index (χ4n) is 2.31. The minimum Gasteiger partial charge on any atom is -0.481 e. The molecule has 6 heteroatoms. The van der Waals surface area contributed by atoms with E-state index in [1.807, 2.05) is 25.7 Å². The number of carbonyl (C=O) groups is 2. The van der Waals surface area contributed by atoms with Crippen molar-refractivity contribution in [3.8, 4) is 0 Å². The van der Waals surface area contributed by atoms with Gasteiger partial charge < -0.3 is 14.7 Å². The van der Waals surface area contributed by atoms with Gasteiger partial charge in [0, 0.05) is 25.7 Å². The van der Waals surface area contributed by atoms with Crippen LogP contribution < -0.4 is 0 Å². The highest BCUT2D eigenvalue weighted by Gasteiger charge is 2.28. The maximum absolute atomic E-state index is 12.4. The van der Waals surface area contributed by atoms with Crippen LogP contribution in [0.25, 0.3) is 0 Å². The highest BCUT2D eigenvalue weighted by atomic mass is 16.5. The van der Waals surface area contributed by atoms with Crippen molar-refractivity contribution in [3.05, 3.63) is 0 Å². The molecule has 0 radical (unpaired) electrons. The van der Waals surface area contributed by atoms with Gasteiger partial charge in [-0.2, -0.15) is 0 Å². The average molecular weight is 272 g/mol. The lowest BCUT2D eigenvalue weighted by atomic mass is 10.1. The summed E-state index contributed by atoms with van der Waals surface area (Å²) in [6, 6.07) is -0.156. The van der Waals surface area contributed by atoms with Crippen LogP contribution in [0.1, 0.15) is 27.2 Å². The predicted octanol–water partition coefficient (Wildman–Crippen LogP) is 0.419. The van der Waals surface area contributed by atoms with E-state index in [0.717, 1.165) is 0 Å². The highest BCUT2D eigenvalue weighted by Crippen LogP contribution is 2.11. The first-order valence-electron chi connectivity index (χ1n) is 6.77. The Morgan fingerprint density at radius 3 is 2.32 bits per heavy atom. The van der Waals surface area contributed by atoms with Crippen molar-refractivity contribution in [3.63, 3.8) is 0 Å². The van der Waals surface area contributed by atoms with Crippen LogP contribution in [0.5, 0.6) is 0 Å². The molecule has 19 heavy (non-hydrogen) atoms. The van der Waals surface area contributed by atoms with Gasteiger partial charge in [-0.3, -0.25) is 14.5 Å². The number of rotatable bonds is 6. The van der Waals surface area contributed by atoms with Gasteiger partial charge in [0.25, 0.3) is 0 Å². The maximum Gasteiger partial charge on any atom is 0.304 e. The van der Waals surface area contributed by atoms with E-state index in [1.165, 1.54) is 0 Å². The lowest BCUT2D eigenvalue weighted by molar-refractivity contribution is -0.143. The van der Waals surface area contributed by atoms with E-state index in [1.54, 1.807) is 4.90 Å². The summed E-state index contributed by atoms with van der Waals surface area (Å²) in [7, 11) is 0. The summed E-state index contributed by atoms with van der Waals surface area (Å²) in [6.45, 7) is 8.59. The van der Waals surface area contributed by atoms with Gasteiger partial charge in [0.15, 0.2) is 0 Å². The molecule has 1 aliphatic rings. The Kier molecular flexibility index (Phi) is 6.24. The van der Waals surface area contributed by atoms with Crippen molar-refractivity contribution >= 4 is 11.9 Å². The Bertz CT molecular complexity index is 314. The maximum atomic E-state index is 12.4. The SMILES string of the molecule is CC(C)N(CCC(=O)O)C(C)C(=O)N1CCOCC1. The summed E-state index contributed by atoms with van der Waals surface area (Å²) in [4.78, 5) is 26.8. The fourth-order valence-corrected chi connectivity index (χ4v) is 2.31. The molecule has 0 spiro atoms. The molecule has 0 aliphatic carbocycles. The molecular formula is C13H24N2O4. The Balaban J connectivity index is 2.61. The molecule has 1 rings (SSSR count). The zero-order valence-electron chi connectivity index (χ0n) is 12.0. The number of amides is 1. The largest absolute Gasteiger partial charge is 0.481 e. The molecular weight excluding hydrogens is 248 g/mol. The molecule has 1 atom stereocenters. The van der Waals surface area contributed by atoms with Crippen LogP contribution in [0.4, 0.5) is 0 Å². The van der Waals surface area contributed by atoms with Crippen LogP contribution in [-0.2, 0) is 14.3 Å². The Morgan fingerprint density at radius 1 is 1.26 bits per heavy atom. The average Bonchev–Trinajstić information content (AvgIpc) is 2.38. The van der Waals surface area contributed by atoms with E-state index >= 15 is 0 Å². The van der Waals surface area contributed by atoms with Crippen molar-refractivity contribution in [2.45, 2.75) is 39.3 Å². The van der Waals surface area contributed by atoms with E-state index in [0.29, 0.717) is 32.8 Å². The second-order valence-corrected chi connectivity index (χ2v) is 5.09. The molecule has 1 fully saturated rings. The molecule has 0 bridgehead atoms. The summed E-state index contributed by atoms with van der Waals surface area (Å²) in [5.41, 5.74) is 0. The minimum atomic E-state index is -0.836. The van der Waals surface area contributed by atoms with E-state index in [4.69, 9.17) is 9.84 Å². The normalized spacial score (nSPS) is 17.8. The van der Waals surface area contributed by atoms with Gasteiger partial charge in [-0.25, -0.2) is 0 Å². The van der Waals surface area contributed by atoms with E-state index in [2.05, 4.69) is 0 Å². The van der Waals surface area contributed by atoms with Crippen LogP contribution >= 0.6 is 0 Å². The number of hydrogen-bond donors (Lipinski definition) is 1. The van der Waals surface area contributed by atoms with Crippen molar-refractivity contribution in [1.82, 2.24) is 9.80 Å². The molecule has 0 aromatic rings. The van der Waals surface area contributed by atoms with Crippen molar-refractivity contribution in [2.24, 2.45) is 0 Å². The highest BCUT2D eigenvalue weighted by molar-refractivity contribution is 5.81. The van der Waals surface area contributed by atoms with E-state index < -0.39 is 5.97 Å². The van der Waals surface area contributed by atoms with Gasteiger partial charge in [0.1, 0.15) is 0 Å². The smallest absolute Gasteiger partial charge is 0.304 e. The molecule has 1 heterocycles. The van der Waals surface area contributed by atoms with Gasteiger partial charge >= 0.3 is 5.97 Å². The van der Waals surface area contributed by atoms with E-state index in [-0.39, 0.29) is 24.4 Å².